The van der Waals surface area contributed by atoms with Crippen LogP contribution < -0.4 is 9.47 Å². The van der Waals surface area contributed by atoms with Crippen molar-refractivity contribution in [3.63, 3.8) is 0 Å². The second-order valence-electron chi connectivity index (χ2n) is 7.96. The molecule has 4 heterocycles. The van der Waals surface area contributed by atoms with Gasteiger partial charge in [0.15, 0.2) is 0 Å². The van der Waals surface area contributed by atoms with E-state index in [0.717, 1.165) is 15.8 Å². The first-order valence-electron chi connectivity index (χ1n) is 10.9. The van der Waals surface area contributed by atoms with Gasteiger partial charge in [-0.1, -0.05) is 17.7 Å². The van der Waals surface area contributed by atoms with Gasteiger partial charge in [0.1, 0.15) is 16.3 Å². The van der Waals surface area contributed by atoms with E-state index in [2.05, 4.69) is 19.8 Å². The molecule has 0 spiro atoms. The Kier molecular flexibility index (Phi) is 5.93. The van der Waals surface area contributed by atoms with E-state index in [1.54, 1.807) is 0 Å². The number of nitrogens with zero attached hydrogens (tertiary/aromatic N) is 4. The maximum atomic E-state index is 13.2. The van der Waals surface area contributed by atoms with Crippen molar-refractivity contribution in [3.05, 3.63) is 64.2 Å². The third kappa shape index (κ3) is 3.90. The van der Waals surface area contributed by atoms with Crippen LogP contribution in [0.15, 0.2) is 42.2 Å². The normalized spacial score (nSPS) is 13.6. The number of H-pyrrole nitrogens is 1. The molecule has 0 bridgehead atoms. The Morgan fingerprint density at radius 1 is 1.17 bits per heavy atom. The van der Waals surface area contributed by atoms with E-state index in [-0.39, 0.29) is 5.56 Å². The third-order valence-corrected chi connectivity index (χ3v) is 7.13. The number of thiazole rings is 1. The fourth-order valence-corrected chi connectivity index (χ4v) is 5.31. The number of ketones is 1. The highest BCUT2D eigenvalue weighted by molar-refractivity contribution is 7.19. The van der Waals surface area contributed by atoms with Crippen LogP contribution in [0.2, 0.25) is 0 Å². The van der Waals surface area contributed by atoms with Gasteiger partial charge in [0, 0.05) is 19.3 Å². The molecule has 176 valence electrons. The van der Waals surface area contributed by atoms with Gasteiger partial charge in [-0.15, -0.1) is 11.3 Å². The van der Waals surface area contributed by atoms with Gasteiger partial charge >= 0.3 is 0 Å². The fraction of sp³-hybridized carbons (Fsp3) is 0.240. The highest BCUT2D eigenvalue weighted by Gasteiger charge is 2.30. The van der Waals surface area contributed by atoms with Crippen LogP contribution in [0.4, 0.5) is 0 Å². The SMILES string of the molecule is [C-]#[N+]C(=C1CCN(C(=O)C(=O)c2c[nH]c3c(OC)ncc(OC)c23)CC1)c1nc2ccccc2s1. The summed E-state index contributed by atoms with van der Waals surface area (Å²) < 4.78 is 11.7. The van der Waals surface area contributed by atoms with Gasteiger partial charge in [0.05, 0.1) is 48.2 Å². The van der Waals surface area contributed by atoms with Gasteiger partial charge < -0.3 is 19.4 Å². The molecule has 5 rings (SSSR count). The first-order valence-corrected chi connectivity index (χ1v) is 11.7. The first kappa shape index (κ1) is 22.6. The lowest BCUT2D eigenvalue weighted by atomic mass is 10.0. The third-order valence-electron chi connectivity index (χ3n) is 6.09. The zero-order valence-corrected chi connectivity index (χ0v) is 19.9. The quantitative estimate of drug-likeness (QED) is 0.256. The summed E-state index contributed by atoms with van der Waals surface area (Å²) in [6.07, 6.45) is 3.97. The molecule has 4 aromatic rings. The van der Waals surface area contributed by atoms with Gasteiger partial charge in [-0.05, 0) is 25.0 Å². The van der Waals surface area contributed by atoms with Crippen molar-refractivity contribution < 1.29 is 19.1 Å². The minimum atomic E-state index is -0.633. The molecule has 0 saturated carbocycles. The predicted molar refractivity (Wildman–Crippen MR) is 132 cm³/mol. The summed E-state index contributed by atoms with van der Waals surface area (Å²) in [5.41, 5.74) is 3.07. The van der Waals surface area contributed by atoms with E-state index in [1.807, 2.05) is 24.3 Å². The number of rotatable bonds is 5. The summed E-state index contributed by atoms with van der Waals surface area (Å²) in [5, 5.41) is 1.15. The molecular weight excluding hydrogens is 466 g/mol. The zero-order valence-electron chi connectivity index (χ0n) is 19.1. The number of aromatic amines is 1. The number of Topliss-reactive ketones (excluding diaryl/α,β-unsaturated/α-hetero) is 1. The molecule has 1 N–H and O–H groups in total. The number of ether oxygens (including phenoxy) is 2. The molecule has 3 aromatic heterocycles. The summed E-state index contributed by atoms with van der Waals surface area (Å²) in [5.74, 6) is -0.542. The molecule has 0 unspecified atom stereocenters. The van der Waals surface area contributed by atoms with Crippen LogP contribution in [0.25, 0.3) is 31.7 Å². The van der Waals surface area contributed by atoms with Crippen LogP contribution in [0.3, 0.4) is 0 Å². The smallest absolute Gasteiger partial charge is 0.295 e. The summed E-state index contributed by atoms with van der Waals surface area (Å²) in [6, 6.07) is 7.79. The zero-order chi connectivity index (χ0) is 24.5. The highest BCUT2D eigenvalue weighted by atomic mass is 32.1. The molecule has 10 heteroatoms. The molecule has 0 atom stereocenters. The number of carbonyl (C=O) groups excluding carboxylic acids is 2. The highest BCUT2D eigenvalue weighted by Crippen LogP contribution is 2.35. The van der Waals surface area contributed by atoms with Crippen LogP contribution in [0.5, 0.6) is 11.6 Å². The van der Waals surface area contributed by atoms with Crippen molar-refractivity contribution >= 4 is 49.8 Å². The second-order valence-corrected chi connectivity index (χ2v) is 8.99. The van der Waals surface area contributed by atoms with Crippen molar-refractivity contribution in [3.8, 4) is 11.6 Å². The molecule has 1 saturated heterocycles. The number of piperidine rings is 1. The van der Waals surface area contributed by atoms with E-state index in [9.17, 15) is 9.59 Å². The Bertz CT molecular complexity index is 1500. The number of para-hydroxylation sites is 1. The molecule has 0 radical (unpaired) electrons. The average molecular weight is 488 g/mol. The Labute approximate surface area is 204 Å². The number of carbonyl (C=O) groups is 2. The molecule has 1 aliphatic heterocycles. The van der Waals surface area contributed by atoms with Crippen LogP contribution >= 0.6 is 11.3 Å². The van der Waals surface area contributed by atoms with Gasteiger partial charge in [-0.25, -0.2) is 14.8 Å². The Morgan fingerprint density at radius 2 is 1.94 bits per heavy atom. The Balaban J connectivity index is 1.37. The maximum absolute atomic E-state index is 13.2. The molecular formula is C25H21N5O4S. The van der Waals surface area contributed by atoms with E-state index in [0.29, 0.717) is 59.2 Å². The monoisotopic (exact) mass is 487 g/mol. The average Bonchev–Trinajstić information content (AvgIpc) is 3.53. The minimum Gasteiger partial charge on any atom is -0.494 e. The van der Waals surface area contributed by atoms with Crippen LogP contribution in [0, 0.1) is 6.57 Å². The summed E-state index contributed by atoms with van der Waals surface area (Å²) in [7, 11) is 2.96. The Morgan fingerprint density at radius 3 is 2.63 bits per heavy atom. The van der Waals surface area contributed by atoms with Gasteiger partial charge in [-0.3, -0.25) is 9.59 Å². The van der Waals surface area contributed by atoms with Gasteiger partial charge in [0.25, 0.3) is 11.7 Å². The number of pyridine rings is 1. The fourth-order valence-electron chi connectivity index (χ4n) is 4.31. The maximum Gasteiger partial charge on any atom is 0.295 e. The summed E-state index contributed by atoms with van der Waals surface area (Å²) >= 11 is 1.49. The molecule has 0 aliphatic carbocycles. The lowest BCUT2D eigenvalue weighted by Gasteiger charge is -2.28. The number of fused-ring (bicyclic) bond motifs is 2. The van der Waals surface area contributed by atoms with Crippen molar-refractivity contribution in [1.29, 1.82) is 0 Å². The Hall–Kier alpha value is -4.23. The largest absolute Gasteiger partial charge is 0.494 e. The number of hydrogen-bond donors (Lipinski definition) is 1. The summed E-state index contributed by atoms with van der Waals surface area (Å²) in [6.45, 7) is 8.43. The van der Waals surface area contributed by atoms with E-state index < -0.39 is 11.7 Å². The number of likely N-dealkylation sites (tertiary alicyclic amines) is 1. The predicted octanol–water partition coefficient (Wildman–Crippen LogP) is 4.33. The standard InChI is InChI=1S/C25H21N5O4S/c1-26-20(24-29-16-6-4-5-7-18(16)35-24)14-8-10-30(11-9-14)25(32)22(31)15-12-27-21-19(15)17(33-2)13-28-23(21)34-3/h4-7,12-13,27H,8-11H2,2-3H3. The molecule has 9 nitrogen and oxygen atoms in total. The number of methoxy groups -OCH3 is 2. The van der Waals surface area contributed by atoms with Gasteiger partial charge in [-0.2, -0.15) is 0 Å². The topological polar surface area (TPSA) is 102 Å². The van der Waals surface area contributed by atoms with E-state index in [1.165, 1.54) is 42.8 Å². The van der Waals surface area contributed by atoms with Crippen LogP contribution in [-0.4, -0.2) is 58.9 Å². The van der Waals surface area contributed by atoms with Crippen molar-refractivity contribution in [1.82, 2.24) is 19.9 Å². The number of hydrogen-bond acceptors (Lipinski definition) is 7. The molecule has 1 fully saturated rings. The molecule has 1 aromatic carbocycles. The second kappa shape index (κ2) is 9.19. The summed E-state index contributed by atoms with van der Waals surface area (Å²) in [4.78, 5) is 43.3. The molecule has 35 heavy (non-hydrogen) atoms. The van der Waals surface area contributed by atoms with Crippen molar-refractivity contribution in [2.24, 2.45) is 0 Å². The molecule has 1 aliphatic rings. The number of benzene rings is 1. The van der Waals surface area contributed by atoms with E-state index >= 15 is 0 Å². The van der Waals surface area contributed by atoms with E-state index in [4.69, 9.17) is 16.0 Å². The van der Waals surface area contributed by atoms with Crippen LogP contribution in [-0.2, 0) is 4.79 Å². The number of aromatic nitrogens is 3. The number of amides is 1. The van der Waals surface area contributed by atoms with Crippen LogP contribution in [0.1, 0.15) is 28.2 Å². The number of nitrogens with one attached hydrogen (secondary N) is 1. The lowest BCUT2D eigenvalue weighted by Crippen LogP contribution is -2.40. The van der Waals surface area contributed by atoms with Crippen molar-refractivity contribution in [2.45, 2.75) is 12.8 Å². The lowest BCUT2D eigenvalue weighted by molar-refractivity contribution is -0.126. The van der Waals surface area contributed by atoms with Crippen molar-refractivity contribution in [2.75, 3.05) is 27.3 Å². The minimum absolute atomic E-state index is 0.209. The van der Waals surface area contributed by atoms with Gasteiger partial charge in [0.2, 0.25) is 11.6 Å². The first-order chi connectivity index (χ1) is 17.0. The molecule has 1 amide bonds.